The molecule has 0 amide bonds. The third kappa shape index (κ3) is 4.54. The van der Waals surface area contributed by atoms with E-state index >= 15 is 0 Å². The predicted molar refractivity (Wildman–Crippen MR) is 90.1 cm³/mol. The Balaban J connectivity index is 2.03. The van der Waals surface area contributed by atoms with Crippen LogP contribution >= 0.6 is 15.9 Å². The number of halogens is 1. The van der Waals surface area contributed by atoms with E-state index in [1.165, 1.54) is 11.1 Å². The minimum Gasteiger partial charge on any atom is -0.475 e. The van der Waals surface area contributed by atoms with Crippen LogP contribution in [0.5, 0.6) is 0 Å². The second-order valence-electron chi connectivity index (χ2n) is 7.28. The highest BCUT2D eigenvalue weighted by molar-refractivity contribution is 9.09. The average molecular weight is 359 g/mol. The Labute approximate surface area is 136 Å². The molecule has 21 heavy (non-hydrogen) atoms. The van der Waals surface area contributed by atoms with Crippen LogP contribution in [0.15, 0.2) is 16.1 Å². The van der Waals surface area contributed by atoms with E-state index in [0.29, 0.717) is 6.61 Å². The minimum atomic E-state index is -0.114. The van der Waals surface area contributed by atoms with Gasteiger partial charge in [-0.05, 0) is 47.5 Å². The monoisotopic (exact) mass is 358 g/mol. The van der Waals surface area contributed by atoms with E-state index in [1.54, 1.807) is 0 Å². The van der Waals surface area contributed by atoms with Crippen molar-refractivity contribution in [2.45, 2.75) is 64.8 Å². The lowest BCUT2D eigenvalue weighted by atomic mass is 10.0. The lowest BCUT2D eigenvalue weighted by molar-refractivity contribution is 0.0921. The van der Waals surface area contributed by atoms with E-state index in [2.05, 4.69) is 55.9 Å². The van der Waals surface area contributed by atoms with Gasteiger partial charge in [0.1, 0.15) is 12.8 Å². The molecule has 0 radical (unpaired) electrons. The Morgan fingerprint density at radius 3 is 2.52 bits per heavy atom. The molecular formula is C16H27BrN2O2. The fraction of sp³-hybridized carbons (Fsp3) is 0.812. The maximum absolute atomic E-state index is 5.82. The van der Waals surface area contributed by atoms with Gasteiger partial charge in [-0.2, -0.15) is 0 Å². The van der Waals surface area contributed by atoms with E-state index in [9.17, 15) is 0 Å². The van der Waals surface area contributed by atoms with Gasteiger partial charge in [0.15, 0.2) is 0 Å². The highest BCUT2D eigenvalue weighted by Crippen LogP contribution is 2.27. The van der Waals surface area contributed by atoms with Crippen molar-refractivity contribution in [2.75, 3.05) is 18.5 Å². The molecule has 2 rings (SSSR count). The quantitative estimate of drug-likeness (QED) is 0.765. The Hall–Kier alpha value is -0.390. The van der Waals surface area contributed by atoms with Crippen molar-refractivity contribution in [2.24, 2.45) is 4.99 Å². The largest absolute Gasteiger partial charge is 0.475 e. The Morgan fingerprint density at radius 2 is 2.05 bits per heavy atom. The fourth-order valence-electron chi connectivity index (χ4n) is 2.58. The molecule has 0 aliphatic carbocycles. The van der Waals surface area contributed by atoms with Crippen molar-refractivity contribution in [3.8, 4) is 0 Å². The first kappa shape index (κ1) is 17.0. The molecule has 1 N–H and O–H groups in total. The highest BCUT2D eigenvalue weighted by Gasteiger charge is 2.32. The summed E-state index contributed by atoms with van der Waals surface area (Å²) < 4.78 is 11.6. The summed E-state index contributed by atoms with van der Waals surface area (Å²) >= 11 is 3.55. The summed E-state index contributed by atoms with van der Waals surface area (Å²) in [5, 5.41) is 4.35. The number of hydrogen-bond donors (Lipinski definition) is 1. The summed E-state index contributed by atoms with van der Waals surface area (Å²) in [6, 6.07) is 0. The van der Waals surface area contributed by atoms with Gasteiger partial charge >= 0.3 is 0 Å². The van der Waals surface area contributed by atoms with Gasteiger partial charge in [-0.1, -0.05) is 21.5 Å². The SMILES string of the molecule is CC(CBr)=C(CCC1NC(C)(C)CO1)C1=NC(C)(C)CO1. The molecule has 5 heteroatoms. The summed E-state index contributed by atoms with van der Waals surface area (Å²) in [7, 11) is 0. The van der Waals surface area contributed by atoms with Gasteiger partial charge in [-0.15, -0.1) is 0 Å². The molecule has 0 aromatic heterocycles. The number of nitrogens with zero attached hydrogens (tertiary/aromatic N) is 1. The van der Waals surface area contributed by atoms with Gasteiger partial charge in [-0.25, -0.2) is 4.99 Å². The molecule has 2 aliphatic rings. The van der Waals surface area contributed by atoms with E-state index in [-0.39, 0.29) is 17.3 Å². The van der Waals surface area contributed by atoms with Gasteiger partial charge in [0, 0.05) is 16.4 Å². The van der Waals surface area contributed by atoms with Crippen LogP contribution < -0.4 is 5.32 Å². The van der Waals surface area contributed by atoms with Crippen LogP contribution in [-0.4, -0.2) is 41.7 Å². The molecular weight excluding hydrogens is 332 g/mol. The first-order valence-electron chi connectivity index (χ1n) is 7.59. The zero-order valence-electron chi connectivity index (χ0n) is 13.8. The van der Waals surface area contributed by atoms with E-state index in [4.69, 9.17) is 14.5 Å². The van der Waals surface area contributed by atoms with Gasteiger partial charge in [0.2, 0.25) is 5.90 Å². The molecule has 2 heterocycles. The predicted octanol–water partition coefficient (Wildman–Crippen LogP) is 3.41. The highest BCUT2D eigenvalue weighted by atomic mass is 79.9. The third-order valence-electron chi connectivity index (χ3n) is 3.79. The maximum Gasteiger partial charge on any atom is 0.212 e. The molecule has 1 unspecified atom stereocenters. The van der Waals surface area contributed by atoms with Crippen molar-refractivity contribution in [1.82, 2.24) is 5.32 Å². The van der Waals surface area contributed by atoms with Crippen LogP contribution in [0, 0.1) is 0 Å². The summed E-state index contributed by atoms with van der Waals surface area (Å²) in [4.78, 5) is 4.72. The standard InChI is InChI=1S/C16H27BrN2O2/c1-11(8-17)12(14-19-16(4,5)10-21-14)6-7-13-18-15(2,3)9-20-13/h13,18H,6-10H2,1-5H3. The molecule has 120 valence electrons. The van der Waals surface area contributed by atoms with Gasteiger partial charge in [-0.3, -0.25) is 5.32 Å². The fourth-order valence-corrected chi connectivity index (χ4v) is 2.92. The van der Waals surface area contributed by atoms with Crippen molar-refractivity contribution < 1.29 is 9.47 Å². The van der Waals surface area contributed by atoms with Gasteiger partial charge < -0.3 is 9.47 Å². The molecule has 0 bridgehead atoms. The Morgan fingerprint density at radius 1 is 1.33 bits per heavy atom. The molecule has 0 spiro atoms. The number of ether oxygens (including phenoxy) is 2. The van der Waals surface area contributed by atoms with Crippen LogP contribution in [0.25, 0.3) is 0 Å². The number of allylic oxidation sites excluding steroid dienone is 1. The molecule has 1 saturated heterocycles. The lowest BCUT2D eigenvalue weighted by Crippen LogP contribution is -2.39. The normalized spacial score (nSPS) is 28.1. The topological polar surface area (TPSA) is 42.8 Å². The van der Waals surface area contributed by atoms with Crippen LogP contribution in [0.1, 0.15) is 47.5 Å². The number of rotatable bonds is 5. The van der Waals surface area contributed by atoms with Crippen molar-refractivity contribution >= 4 is 21.8 Å². The summed E-state index contributed by atoms with van der Waals surface area (Å²) in [5.74, 6) is 0.814. The van der Waals surface area contributed by atoms with Crippen molar-refractivity contribution in [1.29, 1.82) is 0 Å². The Bertz CT molecular complexity index is 455. The number of aliphatic imine (C=N–C) groups is 1. The molecule has 0 aromatic carbocycles. The van der Waals surface area contributed by atoms with Crippen LogP contribution in [-0.2, 0) is 9.47 Å². The van der Waals surface area contributed by atoms with Crippen LogP contribution in [0.4, 0.5) is 0 Å². The number of hydrogen-bond acceptors (Lipinski definition) is 4. The summed E-state index contributed by atoms with van der Waals surface area (Å²) in [6.07, 6.45) is 1.97. The van der Waals surface area contributed by atoms with E-state index in [0.717, 1.165) is 30.7 Å². The first-order valence-corrected chi connectivity index (χ1v) is 8.71. The third-order valence-corrected chi connectivity index (χ3v) is 4.63. The molecule has 0 saturated carbocycles. The van der Waals surface area contributed by atoms with E-state index < -0.39 is 0 Å². The number of nitrogens with one attached hydrogen (secondary N) is 1. The molecule has 2 aliphatic heterocycles. The lowest BCUT2D eigenvalue weighted by Gasteiger charge is -2.18. The van der Waals surface area contributed by atoms with Crippen molar-refractivity contribution in [3.05, 3.63) is 11.1 Å². The van der Waals surface area contributed by atoms with E-state index in [1.807, 2.05) is 0 Å². The average Bonchev–Trinajstić information content (AvgIpc) is 2.92. The smallest absolute Gasteiger partial charge is 0.212 e. The number of alkyl halides is 1. The molecule has 4 nitrogen and oxygen atoms in total. The van der Waals surface area contributed by atoms with Gasteiger partial charge in [0.25, 0.3) is 0 Å². The maximum atomic E-state index is 5.82. The minimum absolute atomic E-state index is 0.0718. The summed E-state index contributed by atoms with van der Waals surface area (Å²) in [6.45, 7) is 12.1. The zero-order chi connectivity index (χ0) is 15.7. The Kier molecular flexibility index (Phi) is 5.16. The first-order chi connectivity index (χ1) is 9.72. The molecule has 1 fully saturated rings. The second kappa shape index (κ2) is 6.39. The van der Waals surface area contributed by atoms with Crippen molar-refractivity contribution in [3.63, 3.8) is 0 Å². The molecule has 1 atom stereocenters. The second-order valence-corrected chi connectivity index (χ2v) is 7.84. The zero-order valence-corrected chi connectivity index (χ0v) is 15.3. The molecule has 0 aromatic rings. The van der Waals surface area contributed by atoms with Crippen LogP contribution in [0.2, 0.25) is 0 Å². The van der Waals surface area contributed by atoms with Crippen LogP contribution in [0.3, 0.4) is 0 Å². The summed E-state index contributed by atoms with van der Waals surface area (Å²) in [5.41, 5.74) is 2.45. The van der Waals surface area contributed by atoms with Gasteiger partial charge in [0.05, 0.1) is 12.1 Å².